The maximum atomic E-state index is 12.1. The van der Waals surface area contributed by atoms with E-state index in [1.54, 1.807) is 24.3 Å². The number of carbonyl (C=O) groups is 1. The van der Waals surface area contributed by atoms with Gasteiger partial charge in [0, 0.05) is 18.7 Å². The molecule has 0 N–H and O–H groups in total. The van der Waals surface area contributed by atoms with Gasteiger partial charge in [-0.3, -0.25) is 4.79 Å². The van der Waals surface area contributed by atoms with Crippen LogP contribution in [-0.2, 0) is 0 Å². The van der Waals surface area contributed by atoms with Gasteiger partial charge in [-0.15, -0.1) is 0 Å². The molecule has 1 aromatic carbocycles. The maximum Gasteiger partial charge on any atom is 0.253 e. The summed E-state index contributed by atoms with van der Waals surface area (Å²) < 4.78 is 4.82. The number of hydrogen-bond acceptors (Lipinski definition) is 2. The first-order valence-corrected chi connectivity index (χ1v) is 5.62. The molecule has 0 saturated carbocycles. The molecule has 3 nitrogen and oxygen atoms in total. The summed E-state index contributed by atoms with van der Waals surface area (Å²) in [5, 5.41) is 0. The predicted octanol–water partition coefficient (Wildman–Crippen LogP) is 2.48. The third-order valence-electron chi connectivity index (χ3n) is 2.91. The summed E-state index contributed by atoms with van der Waals surface area (Å²) in [6, 6.07) is 7.11. The van der Waals surface area contributed by atoms with Gasteiger partial charge in [-0.1, -0.05) is 0 Å². The van der Waals surface area contributed by atoms with Crippen molar-refractivity contribution in [1.29, 1.82) is 0 Å². The van der Waals surface area contributed by atoms with Crippen LogP contribution in [0.3, 0.4) is 0 Å². The van der Waals surface area contributed by atoms with Crippen molar-refractivity contribution in [2.24, 2.45) is 0 Å². The van der Waals surface area contributed by atoms with E-state index in [0.29, 0.717) is 5.75 Å². The van der Waals surface area contributed by atoms with Crippen LogP contribution in [0.2, 0.25) is 0 Å². The lowest BCUT2D eigenvalue weighted by Crippen LogP contribution is -2.35. The van der Waals surface area contributed by atoms with Crippen LogP contribution in [-0.4, -0.2) is 23.9 Å². The molecule has 0 unspecified atom stereocenters. The average molecular weight is 218 g/mol. The average Bonchev–Trinajstić information content (AvgIpc) is 2.39. The molecule has 0 spiro atoms. The Morgan fingerprint density at radius 1 is 1.12 bits per heavy atom. The third-order valence-corrected chi connectivity index (χ3v) is 2.91. The van der Waals surface area contributed by atoms with E-state index < -0.39 is 0 Å². The largest absolute Gasteiger partial charge is 0.490 e. The number of rotatable bonds is 2. The van der Waals surface area contributed by atoms with Crippen LogP contribution < -0.4 is 4.74 Å². The summed E-state index contributed by atoms with van der Waals surface area (Å²) in [6.45, 7) is 1.76. The molecular formula is C13H16NO2. The summed E-state index contributed by atoms with van der Waals surface area (Å²) in [4.78, 5) is 14.0. The van der Waals surface area contributed by atoms with Crippen molar-refractivity contribution in [1.82, 2.24) is 4.90 Å². The smallest absolute Gasteiger partial charge is 0.253 e. The summed E-state index contributed by atoms with van der Waals surface area (Å²) in [6.07, 6.45) is 3.47. The van der Waals surface area contributed by atoms with Gasteiger partial charge in [0.1, 0.15) is 12.9 Å². The molecule has 3 heteroatoms. The fourth-order valence-electron chi connectivity index (χ4n) is 1.97. The number of hydrogen-bond donors (Lipinski definition) is 0. The lowest BCUT2D eigenvalue weighted by molar-refractivity contribution is 0.0724. The fraction of sp³-hybridized carbons (Fsp3) is 0.385. The Morgan fingerprint density at radius 2 is 1.75 bits per heavy atom. The first kappa shape index (κ1) is 11.0. The molecule has 1 heterocycles. The minimum atomic E-state index is 0.121. The van der Waals surface area contributed by atoms with E-state index in [4.69, 9.17) is 4.74 Å². The normalized spacial score (nSPS) is 15.9. The van der Waals surface area contributed by atoms with Crippen LogP contribution in [0.25, 0.3) is 0 Å². The quantitative estimate of drug-likeness (QED) is 0.763. The second kappa shape index (κ2) is 5.01. The first-order valence-electron chi connectivity index (χ1n) is 5.62. The van der Waals surface area contributed by atoms with E-state index in [2.05, 4.69) is 7.11 Å². The second-order valence-corrected chi connectivity index (χ2v) is 4.02. The standard InChI is InChI=1S/C13H16NO2/c1-16-12-7-5-11(6-8-12)13(15)14-9-3-2-4-10-14/h5-8H,1-4,9-10H2. The van der Waals surface area contributed by atoms with E-state index >= 15 is 0 Å². The highest BCUT2D eigenvalue weighted by Gasteiger charge is 2.17. The zero-order chi connectivity index (χ0) is 11.4. The Balaban J connectivity index is 2.07. The van der Waals surface area contributed by atoms with E-state index in [9.17, 15) is 4.79 Å². The Hall–Kier alpha value is -1.51. The summed E-state index contributed by atoms with van der Waals surface area (Å²) in [7, 11) is 3.32. The fourth-order valence-corrected chi connectivity index (χ4v) is 1.97. The van der Waals surface area contributed by atoms with Gasteiger partial charge >= 0.3 is 0 Å². The van der Waals surface area contributed by atoms with Crippen LogP contribution in [0.15, 0.2) is 24.3 Å². The highest BCUT2D eigenvalue weighted by Crippen LogP contribution is 2.16. The van der Waals surface area contributed by atoms with Gasteiger partial charge in [-0.2, -0.15) is 0 Å². The molecule has 0 atom stereocenters. The zero-order valence-electron chi connectivity index (χ0n) is 9.32. The van der Waals surface area contributed by atoms with E-state index in [1.165, 1.54) is 6.42 Å². The Morgan fingerprint density at radius 3 is 2.31 bits per heavy atom. The van der Waals surface area contributed by atoms with Crippen LogP contribution in [0.1, 0.15) is 29.6 Å². The monoisotopic (exact) mass is 218 g/mol. The number of benzene rings is 1. The first-order chi connectivity index (χ1) is 7.81. The molecule has 0 bridgehead atoms. The highest BCUT2D eigenvalue weighted by atomic mass is 16.5. The molecule has 1 radical (unpaired) electrons. The Bertz CT molecular complexity index is 353. The van der Waals surface area contributed by atoms with Gasteiger partial charge in [-0.25, -0.2) is 0 Å². The maximum absolute atomic E-state index is 12.1. The Labute approximate surface area is 96.0 Å². The molecule has 1 aliphatic heterocycles. The summed E-state index contributed by atoms with van der Waals surface area (Å²) in [5.74, 6) is 0.797. The molecule has 1 aromatic rings. The number of piperidine rings is 1. The van der Waals surface area contributed by atoms with Crippen LogP contribution in [0.5, 0.6) is 5.75 Å². The van der Waals surface area contributed by atoms with Gasteiger partial charge in [0.05, 0.1) is 0 Å². The van der Waals surface area contributed by atoms with Crippen molar-refractivity contribution in [2.45, 2.75) is 19.3 Å². The van der Waals surface area contributed by atoms with Gasteiger partial charge < -0.3 is 9.64 Å². The molecular weight excluding hydrogens is 202 g/mol. The van der Waals surface area contributed by atoms with E-state index in [0.717, 1.165) is 31.5 Å². The lowest BCUT2D eigenvalue weighted by Gasteiger charge is -2.26. The van der Waals surface area contributed by atoms with Gasteiger partial charge in [0.15, 0.2) is 0 Å². The molecule has 2 rings (SSSR count). The van der Waals surface area contributed by atoms with Crippen molar-refractivity contribution >= 4 is 5.91 Å². The molecule has 85 valence electrons. The lowest BCUT2D eigenvalue weighted by atomic mass is 10.1. The van der Waals surface area contributed by atoms with E-state index in [1.807, 2.05) is 4.90 Å². The van der Waals surface area contributed by atoms with Crippen molar-refractivity contribution in [2.75, 3.05) is 13.1 Å². The second-order valence-electron chi connectivity index (χ2n) is 4.02. The molecule has 0 aliphatic carbocycles. The minimum absolute atomic E-state index is 0.121. The van der Waals surface area contributed by atoms with Crippen molar-refractivity contribution < 1.29 is 9.53 Å². The van der Waals surface area contributed by atoms with Gasteiger partial charge in [0.25, 0.3) is 5.91 Å². The summed E-state index contributed by atoms with van der Waals surface area (Å²) >= 11 is 0. The Kier molecular flexibility index (Phi) is 3.44. The molecule has 1 saturated heterocycles. The van der Waals surface area contributed by atoms with Crippen LogP contribution >= 0.6 is 0 Å². The number of amides is 1. The number of carbonyl (C=O) groups excluding carboxylic acids is 1. The summed E-state index contributed by atoms with van der Waals surface area (Å²) in [5.41, 5.74) is 0.725. The SMILES string of the molecule is [CH2]Oc1ccc(C(=O)N2CCCCC2)cc1. The van der Waals surface area contributed by atoms with Gasteiger partial charge in [0.2, 0.25) is 0 Å². The molecule has 1 amide bonds. The third kappa shape index (κ3) is 2.35. The minimum Gasteiger partial charge on any atom is -0.490 e. The number of ether oxygens (including phenoxy) is 1. The van der Waals surface area contributed by atoms with Crippen LogP contribution in [0.4, 0.5) is 0 Å². The van der Waals surface area contributed by atoms with Crippen molar-refractivity contribution in [3.63, 3.8) is 0 Å². The number of likely N-dealkylation sites (tertiary alicyclic amines) is 1. The van der Waals surface area contributed by atoms with E-state index in [-0.39, 0.29) is 5.91 Å². The number of nitrogens with zero attached hydrogens (tertiary/aromatic N) is 1. The topological polar surface area (TPSA) is 29.5 Å². The molecule has 0 aromatic heterocycles. The molecule has 16 heavy (non-hydrogen) atoms. The zero-order valence-corrected chi connectivity index (χ0v) is 9.32. The van der Waals surface area contributed by atoms with Crippen molar-refractivity contribution in [3.8, 4) is 5.75 Å². The molecule has 1 aliphatic rings. The van der Waals surface area contributed by atoms with Crippen molar-refractivity contribution in [3.05, 3.63) is 36.9 Å². The molecule has 1 fully saturated rings. The van der Waals surface area contributed by atoms with Gasteiger partial charge in [-0.05, 0) is 43.5 Å². The predicted molar refractivity (Wildman–Crippen MR) is 62.2 cm³/mol. The highest BCUT2D eigenvalue weighted by molar-refractivity contribution is 5.94. The van der Waals surface area contributed by atoms with Crippen LogP contribution in [0, 0.1) is 7.11 Å².